The smallest absolute Gasteiger partial charge is 0.200 e. The van der Waals surface area contributed by atoms with Gasteiger partial charge in [0.2, 0.25) is 5.75 Å². The molecule has 0 aromatic heterocycles. The third kappa shape index (κ3) is 3.39. The predicted octanol–water partition coefficient (Wildman–Crippen LogP) is 1.91. The average Bonchev–Trinajstić information content (AvgIpc) is 2.58. The fraction of sp³-hybridized carbons (Fsp3) is 0.333. The normalized spacial score (nSPS) is 13.4. The van der Waals surface area contributed by atoms with E-state index < -0.39 is 18.6 Å². The van der Waals surface area contributed by atoms with Crippen LogP contribution in [0.15, 0.2) is 30.3 Å². The zero-order valence-corrected chi connectivity index (χ0v) is 13.9. The second-order valence-corrected chi connectivity index (χ2v) is 5.56. The van der Waals surface area contributed by atoms with Gasteiger partial charge in [0.1, 0.15) is 5.75 Å². The number of rotatable bonds is 6. The van der Waals surface area contributed by atoms with Crippen molar-refractivity contribution in [3.63, 3.8) is 0 Å². The third-order valence-corrected chi connectivity index (χ3v) is 3.95. The number of aliphatic hydroxyl groups excluding tert-OH is 2. The molecular formula is C18H22O6. The molecule has 6 heteroatoms. The summed E-state index contributed by atoms with van der Waals surface area (Å²) >= 11 is 0. The van der Waals surface area contributed by atoms with Crippen molar-refractivity contribution in [2.45, 2.75) is 18.9 Å². The molecule has 0 aliphatic heterocycles. The third-order valence-electron chi connectivity index (χ3n) is 3.95. The Morgan fingerprint density at radius 1 is 1.00 bits per heavy atom. The van der Waals surface area contributed by atoms with Crippen LogP contribution in [-0.4, -0.2) is 47.4 Å². The Morgan fingerprint density at radius 3 is 2.08 bits per heavy atom. The molecule has 0 heterocycles. The molecule has 0 aliphatic carbocycles. The SMILES string of the molecule is COc1cc(C(c2cc(C)ccc2O)C(O)CO)cc(OC)c1O. The van der Waals surface area contributed by atoms with Crippen LogP contribution >= 0.6 is 0 Å². The highest BCUT2D eigenvalue weighted by molar-refractivity contribution is 5.56. The lowest BCUT2D eigenvalue weighted by atomic mass is 9.85. The summed E-state index contributed by atoms with van der Waals surface area (Å²) in [5, 5.41) is 40.0. The largest absolute Gasteiger partial charge is 0.508 e. The van der Waals surface area contributed by atoms with Gasteiger partial charge < -0.3 is 29.9 Å². The Hall–Kier alpha value is -2.44. The number of hydrogen-bond donors (Lipinski definition) is 4. The topological polar surface area (TPSA) is 99.4 Å². The molecule has 0 saturated carbocycles. The van der Waals surface area contributed by atoms with Crippen molar-refractivity contribution in [2.24, 2.45) is 0 Å². The van der Waals surface area contributed by atoms with E-state index in [1.807, 2.05) is 6.92 Å². The summed E-state index contributed by atoms with van der Waals surface area (Å²) in [6.07, 6.45) is -1.16. The van der Waals surface area contributed by atoms with E-state index in [9.17, 15) is 20.4 Å². The summed E-state index contributed by atoms with van der Waals surface area (Å²) in [5.74, 6) is -0.532. The van der Waals surface area contributed by atoms with Crippen LogP contribution in [0, 0.1) is 6.92 Å². The van der Waals surface area contributed by atoms with Gasteiger partial charge in [-0.1, -0.05) is 17.7 Å². The predicted molar refractivity (Wildman–Crippen MR) is 89.0 cm³/mol. The molecule has 2 rings (SSSR count). The standard InChI is InChI=1S/C18H22O6/c1-10-4-5-13(20)12(6-10)17(14(21)9-19)11-7-15(23-2)18(22)16(8-11)24-3/h4-8,14,17,19-22H,9H2,1-3H3. The average molecular weight is 334 g/mol. The molecule has 2 atom stereocenters. The van der Waals surface area contributed by atoms with Crippen LogP contribution in [0.4, 0.5) is 0 Å². The number of aromatic hydroxyl groups is 2. The number of aliphatic hydroxyl groups is 2. The molecule has 0 bridgehead atoms. The number of methoxy groups -OCH3 is 2. The minimum atomic E-state index is -1.16. The van der Waals surface area contributed by atoms with Crippen molar-refractivity contribution in [1.29, 1.82) is 0 Å². The summed E-state index contributed by atoms with van der Waals surface area (Å²) in [4.78, 5) is 0. The Balaban J connectivity index is 2.67. The Bertz CT molecular complexity index is 688. The van der Waals surface area contributed by atoms with Gasteiger partial charge in [-0.25, -0.2) is 0 Å². The van der Waals surface area contributed by atoms with E-state index in [1.54, 1.807) is 24.3 Å². The first-order valence-corrected chi connectivity index (χ1v) is 7.46. The Kier molecular flexibility index (Phi) is 5.54. The quantitative estimate of drug-likeness (QED) is 0.644. The molecule has 0 aliphatic rings. The van der Waals surface area contributed by atoms with Crippen LogP contribution < -0.4 is 9.47 Å². The van der Waals surface area contributed by atoms with Crippen molar-refractivity contribution in [1.82, 2.24) is 0 Å². The molecule has 2 unspecified atom stereocenters. The minimum Gasteiger partial charge on any atom is -0.508 e. The first-order valence-electron chi connectivity index (χ1n) is 7.46. The van der Waals surface area contributed by atoms with Gasteiger partial charge in [0.15, 0.2) is 11.5 Å². The molecule has 0 saturated heterocycles. The van der Waals surface area contributed by atoms with Crippen LogP contribution in [0.3, 0.4) is 0 Å². The van der Waals surface area contributed by atoms with Gasteiger partial charge in [0.05, 0.1) is 26.9 Å². The van der Waals surface area contributed by atoms with Crippen LogP contribution in [-0.2, 0) is 0 Å². The summed E-state index contributed by atoms with van der Waals surface area (Å²) in [7, 11) is 2.81. The lowest BCUT2D eigenvalue weighted by Gasteiger charge is -2.25. The van der Waals surface area contributed by atoms with Crippen LogP contribution in [0.1, 0.15) is 22.6 Å². The van der Waals surface area contributed by atoms with E-state index in [-0.39, 0.29) is 23.0 Å². The van der Waals surface area contributed by atoms with Gasteiger partial charge in [-0.15, -0.1) is 0 Å². The van der Waals surface area contributed by atoms with E-state index in [1.165, 1.54) is 20.3 Å². The number of benzene rings is 2. The monoisotopic (exact) mass is 334 g/mol. The van der Waals surface area contributed by atoms with E-state index in [4.69, 9.17) is 9.47 Å². The first-order chi connectivity index (χ1) is 11.4. The van der Waals surface area contributed by atoms with Crippen LogP contribution in [0.5, 0.6) is 23.0 Å². The highest BCUT2D eigenvalue weighted by atomic mass is 16.5. The van der Waals surface area contributed by atoms with Gasteiger partial charge in [-0.2, -0.15) is 0 Å². The summed E-state index contributed by atoms with van der Waals surface area (Å²) < 4.78 is 10.3. The molecule has 0 radical (unpaired) electrons. The highest BCUT2D eigenvalue weighted by Gasteiger charge is 2.27. The lowest BCUT2D eigenvalue weighted by molar-refractivity contribution is 0.0815. The molecule has 2 aromatic rings. The van der Waals surface area contributed by atoms with Crippen LogP contribution in [0.25, 0.3) is 0 Å². The van der Waals surface area contributed by atoms with Gasteiger partial charge in [0.25, 0.3) is 0 Å². The Labute approximate surface area is 140 Å². The number of phenols is 2. The second kappa shape index (κ2) is 7.42. The van der Waals surface area contributed by atoms with Gasteiger partial charge >= 0.3 is 0 Å². The summed E-state index contributed by atoms with van der Waals surface area (Å²) in [5.41, 5.74) is 1.89. The first kappa shape index (κ1) is 17.9. The van der Waals surface area contributed by atoms with Gasteiger partial charge in [0, 0.05) is 11.5 Å². The van der Waals surface area contributed by atoms with Crippen molar-refractivity contribution < 1.29 is 29.9 Å². The molecule has 130 valence electrons. The Morgan fingerprint density at radius 2 is 1.58 bits per heavy atom. The van der Waals surface area contributed by atoms with Crippen molar-refractivity contribution in [2.75, 3.05) is 20.8 Å². The fourth-order valence-electron chi connectivity index (χ4n) is 2.73. The molecule has 0 spiro atoms. The molecule has 0 fully saturated rings. The maximum absolute atomic E-state index is 10.3. The maximum Gasteiger partial charge on any atom is 0.200 e. The van der Waals surface area contributed by atoms with Gasteiger partial charge in [-0.05, 0) is 30.7 Å². The van der Waals surface area contributed by atoms with E-state index in [0.717, 1.165) is 5.56 Å². The molecule has 6 nitrogen and oxygen atoms in total. The molecular weight excluding hydrogens is 312 g/mol. The van der Waals surface area contributed by atoms with Crippen LogP contribution in [0.2, 0.25) is 0 Å². The molecule has 0 amide bonds. The van der Waals surface area contributed by atoms with E-state index >= 15 is 0 Å². The fourth-order valence-corrected chi connectivity index (χ4v) is 2.73. The van der Waals surface area contributed by atoms with E-state index in [0.29, 0.717) is 11.1 Å². The summed E-state index contributed by atoms with van der Waals surface area (Å²) in [6.45, 7) is 1.37. The van der Waals surface area contributed by atoms with Crippen molar-refractivity contribution >= 4 is 0 Å². The minimum absolute atomic E-state index is 0.00380. The zero-order chi connectivity index (χ0) is 17.9. The summed E-state index contributed by atoms with van der Waals surface area (Å²) in [6, 6.07) is 8.12. The lowest BCUT2D eigenvalue weighted by Crippen LogP contribution is -2.24. The number of hydrogen-bond acceptors (Lipinski definition) is 6. The van der Waals surface area contributed by atoms with Gasteiger partial charge in [-0.3, -0.25) is 0 Å². The second-order valence-electron chi connectivity index (χ2n) is 5.56. The maximum atomic E-state index is 10.3. The molecule has 2 aromatic carbocycles. The molecule has 4 N–H and O–H groups in total. The molecule has 24 heavy (non-hydrogen) atoms. The number of phenolic OH excluding ortho intramolecular Hbond substituents is 2. The number of ether oxygens (including phenoxy) is 2. The van der Waals surface area contributed by atoms with E-state index in [2.05, 4.69) is 0 Å². The zero-order valence-electron chi connectivity index (χ0n) is 13.9. The van der Waals surface area contributed by atoms with Crippen molar-refractivity contribution in [3.8, 4) is 23.0 Å². The highest BCUT2D eigenvalue weighted by Crippen LogP contribution is 2.43. The number of aryl methyl sites for hydroxylation is 1. The van der Waals surface area contributed by atoms with Crippen molar-refractivity contribution in [3.05, 3.63) is 47.0 Å².